The van der Waals surface area contributed by atoms with Gasteiger partial charge >= 0.3 is 0 Å². The zero-order valence-corrected chi connectivity index (χ0v) is 17.9. The summed E-state index contributed by atoms with van der Waals surface area (Å²) in [5.41, 5.74) is 3.69. The maximum atomic E-state index is 13.8. The lowest BCUT2D eigenvalue weighted by atomic mass is 9.79. The number of fused-ring (bicyclic) bond motifs is 3. The number of likely N-dealkylation sites (N-methyl/N-ethyl adjacent to an activating group) is 1. The normalized spacial score (nSPS) is 18.9. The number of aromatic amines is 1. The van der Waals surface area contributed by atoms with E-state index in [4.69, 9.17) is 9.47 Å². The number of hydrogen-bond acceptors (Lipinski definition) is 4. The van der Waals surface area contributed by atoms with Gasteiger partial charge in [0, 0.05) is 30.0 Å². The van der Waals surface area contributed by atoms with Crippen molar-refractivity contribution >= 4 is 28.4 Å². The maximum Gasteiger partial charge on any atom is 0.254 e. The van der Waals surface area contributed by atoms with Gasteiger partial charge < -0.3 is 24.7 Å². The van der Waals surface area contributed by atoms with Gasteiger partial charge in [-0.2, -0.15) is 0 Å². The number of rotatable bonds is 3. The molecule has 0 bridgehead atoms. The number of nitrogens with zero attached hydrogens (tertiary/aromatic N) is 1. The number of benzene rings is 3. The second-order valence-electron chi connectivity index (χ2n) is 8.31. The van der Waals surface area contributed by atoms with Crippen molar-refractivity contribution in [2.24, 2.45) is 0 Å². The Morgan fingerprint density at radius 2 is 1.88 bits per heavy atom. The van der Waals surface area contributed by atoms with Gasteiger partial charge in [-0.25, -0.2) is 0 Å². The molecule has 0 fully saturated rings. The first-order valence-corrected chi connectivity index (χ1v) is 10.7. The van der Waals surface area contributed by atoms with Crippen molar-refractivity contribution < 1.29 is 19.1 Å². The molecule has 0 radical (unpaired) electrons. The van der Waals surface area contributed by atoms with E-state index >= 15 is 0 Å². The average molecular weight is 439 g/mol. The van der Waals surface area contributed by atoms with E-state index in [-0.39, 0.29) is 18.6 Å². The van der Waals surface area contributed by atoms with Crippen LogP contribution in [0.1, 0.15) is 33.4 Å². The lowest BCUT2D eigenvalue weighted by molar-refractivity contribution is -0.119. The summed E-state index contributed by atoms with van der Waals surface area (Å²) in [6, 6.07) is 20.1. The van der Waals surface area contributed by atoms with Crippen molar-refractivity contribution in [3.8, 4) is 11.5 Å². The number of aromatic nitrogens is 1. The van der Waals surface area contributed by atoms with Crippen molar-refractivity contribution in [3.05, 3.63) is 89.6 Å². The molecule has 0 aliphatic carbocycles. The minimum Gasteiger partial charge on any atom is -0.454 e. The van der Waals surface area contributed by atoms with Crippen molar-refractivity contribution in [2.75, 3.05) is 19.2 Å². The van der Waals surface area contributed by atoms with Gasteiger partial charge in [0.2, 0.25) is 12.7 Å². The number of carbonyl (C=O) groups is 2. The predicted octanol–water partition coefficient (Wildman–Crippen LogP) is 4.45. The Kier molecular flexibility index (Phi) is 4.36. The summed E-state index contributed by atoms with van der Waals surface area (Å²) in [6.45, 7) is 0.159. The molecule has 33 heavy (non-hydrogen) atoms. The molecule has 0 saturated heterocycles. The largest absolute Gasteiger partial charge is 0.454 e. The van der Waals surface area contributed by atoms with E-state index in [0.29, 0.717) is 28.3 Å². The summed E-state index contributed by atoms with van der Waals surface area (Å²) in [5, 5.41) is 4.14. The summed E-state index contributed by atoms with van der Waals surface area (Å²) in [4.78, 5) is 31.8. The number of amides is 2. The third kappa shape index (κ3) is 3.12. The molecule has 3 heterocycles. The van der Waals surface area contributed by atoms with E-state index in [1.54, 1.807) is 18.0 Å². The quantitative estimate of drug-likeness (QED) is 0.494. The van der Waals surface area contributed by atoms with Gasteiger partial charge in [0.15, 0.2) is 11.5 Å². The molecule has 0 unspecified atom stereocenters. The van der Waals surface area contributed by atoms with Crippen LogP contribution < -0.4 is 14.8 Å². The van der Waals surface area contributed by atoms with Gasteiger partial charge in [0.1, 0.15) is 0 Å². The Labute approximate surface area is 189 Å². The number of carbonyl (C=O) groups excluding carboxylic acids is 2. The zero-order chi connectivity index (χ0) is 22.5. The van der Waals surface area contributed by atoms with Crippen LogP contribution in [-0.2, 0) is 4.79 Å². The van der Waals surface area contributed by atoms with E-state index in [9.17, 15) is 9.59 Å². The first kappa shape index (κ1) is 19.4. The van der Waals surface area contributed by atoms with Crippen molar-refractivity contribution in [1.82, 2.24) is 9.88 Å². The highest BCUT2D eigenvalue weighted by Crippen LogP contribution is 2.45. The number of H-pyrrole nitrogens is 1. The van der Waals surface area contributed by atoms with E-state index < -0.39 is 12.0 Å². The van der Waals surface area contributed by atoms with E-state index in [2.05, 4.69) is 10.3 Å². The number of nitrogens with one attached hydrogen (secondary N) is 2. The molecule has 7 nitrogen and oxygen atoms in total. The standard InChI is InChI=1S/C26H21N3O4/c1-29-24(16-7-9-21-22(12-16)33-14-32-21)23(18-4-2-3-5-19(18)26(29)31)25(30)28-17-8-6-15-10-11-27-20(15)13-17/h2-13,23-24,27H,14H2,1H3,(H,28,30)/t23-,24-/m1/s1. The Morgan fingerprint density at radius 3 is 2.79 bits per heavy atom. The molecule has 3 aromatic carbocycles. The summed E-state index contributed by atoms with van der Waals surface area (Å²) in [5.74, 6) is 0.358. The van der Waals surface area contributed by atoms with Crippen LogP contribution in [-0.4, -0.2) is 35.5 Å². The van der Waals surface area contributed by atoms with Crippen LogP contribution in [0.5, 0.6) is 11.5 Å². The number of hydrogen-bond donors (Lipinski definition) is 2. The maximum absolute atomic E-state index is 13.8. The van der Waals surface area contributed by atoms with Crippen LogP contribution in [0.4, 0.5) is 5.69 Å². The molecule has 2 aliphatic rings. The summed E-state index contributed by atoms with van der Waals surface area (Å²) in [6.07, 6.45) is 1.86. The third-order valence-electron chi connectivity index (χ3n) is 6.42. The first-order chi connectivity index (χ1) is 16.1. The van der Waals surface area contributed by atoms with Gasteiger partial charge in [-0.05, 0) is 52.9 Å². The van der Waals surface area contributed by atoms with Gasteiger partial charge in [-0.15, -0.1) is 0 Å². The summed E-state index contributed by atoms with van der Waals surface area (Å²) in [7, 11) is 1.73. The second-order valence-corrected chi connectivity index (χ2v) is 8.31. The molecule has 2 N–H and O–H groups in total. The van der Waals surface area contributed by atoms with E-state index in [1.807, 2.05) is 66.9 Å². The van der Waals surface area contributed by atoms with Gasteiger partial charge in [0.25, 0.3) is 5.91 Å². The van der Waals surface area contributed by atoms with Crippen LogP contribution in [0.25, 0.3) is 10.9 Å². The van der Waals surface area contributed by atoms with Crippen LogP contribution in [0, 0.1) is 0 Å². The Balaban J connectivity index is 1.44. The minimum atomic E-state index is -0.608. The molecule has 0 spiro atoms. The molecule has 4 aromatic rings. The molecule has 1 aromatic heterocycles. The van der Waals surface area contributed by atoms with Crippen LogP contribution in [0.3, 0.4) is 0 Å². The first-order valence-electron chi connectivity index (χ1n) is 10.7. The Hall–Kier alpha value is -4.26. The second kappa shape index (κ2) is 7.41. The third-order valence-corrected chi connectivity index (χ3v) is 6.42. The molecule has 164 valence electrons. The van der Waals surface area contributed by atoms with Crippen molar-refractivity contribution in [3.63, 3.8) is 0 Å². The Bertz CT molecular complexity index is 1410. The molecular weight excluding hydrogens is 418 g/mol. The highest BCUT2D eigenvalue weighted by atomic mass is 16.7. The lowest BCUT2D eigenvalue weighted by Gasteiger charge is -2.39. The molecule has 0 saturated carbocycles. The predicted molar refractivity (Wildman–Crippen MR) is 124 cm³/mol. The smallest absolute Gasteiger partial charge is 0.254 e. The van der Waals surface area contributed by atoms with Crippen molar-refractivity contribution in [1.29, 1.82) is 0 Å². The van der Waals surface area contributed by atoms with Crippen LogP contribution in [0.2, 0.25) is 0 Å². The van der Waals surface area contributed by atoms with Crippen LogP contribution >= 0.6 is 0 Å². The van der Waals surface area contributed by atoms with Gasteiger partial charge in [-0.3, -0.25) is 9.59 Å². The summed E-state index contributed by atoms with van der Waals surface area (Å²) >= 11 is 0. The van der Waals surface area contributed by atoms with E-state index in [1.165, 1.54) is 0 Å². The monoisotopic (exact) mass is 439 g/mol. The molecule has 2 amide bonds. The molecular formula is C26H21N3O4. The molecule has 6 rings (SSSR count). The SMILES string of the molecule is CN1C(=O)c2ccccc2[C@@H](C(=O)Nc2ccc3cc[nH]c3c2)[C@H]1c1ccc2c(c1)OCO2. The highest BCUT2D eigenvalue weighted by molar-refractivity contribution is 6.04. The Morgan fingerprint density at radius 1 is 1.03 bits per heavy atom. The fraction of sp³-hybridized carbons (Fsp3) is 0.154. The topological polar surface area (TPSA) is 83.7 Å². The lowest BCUT2D eigenvalue weighted by Crippen LogP contribution is -2.44. The minimum absolute atomic E-state index is 0.120. The average Bonchev–Trinajstić information content (AvgIpc) is 3.49. The molecule has 7 heteroatoms. The summed E-state index contributed by atoms with van der Waals surface area (Å²) < 4.78 is 11.0. The number of ether oxygens (including phenoxy) is 2. The fourth-order valence-corrected chi connectivity index (χ4v) is 4.82. The molecule has 2 aliphatic heterocycles. The van der Waals surface area contributed by atoms with Crippen molar-refractivity contribution in [2.45, 2.75) is 12.0 Å². The van der Waals surface area contributed by atoms with Crippen LogP contribution in [0.15, 0.2) is 72.9 Å². The highest BCUT2D eigenvalue weighted by Gasteiger charge is 2.43. The van der Waals surface area contributed by atoms with Gasteiger partial charge in [0.05, 0.1) is 12.0 Å². The van der Waals surface area contributed by atoms with Gasteiger partial charge in [-0.1, -0.05) is 30.3 Å². The fourth-order valence-electron chi connectivity index (χ4n) is 4.82. The number of anilines is 1. The molecule has 2 atom stereocenters. The van der Waals surface area contributed by atoms with E-state index in [0.717, 1.165) is 16.5 Å². The zero-order valence-electron chi connectivity index (χ0n) is 17.9.